The lowest BCUT2D eigenvalue weighted by atomic mass is 10.2. The van der Waals surface area contributed by atoms with Gasteiger partial charge in [0.25, 0.3) is 0 Å². The van der Waals surface area contributed by atoms with Crippen LogP contribution in [-0.4, -0.2) is 10.6 Å². The Bertz CT molecular complexity index is 104. The molecule has 0 spiro atoms. The summed E-state index contributed by atoms with van der Waals surface area (Å²) in [6.07, 6.45) is 5.14. The minimum atomic E-state index is -0.0597. The highest BCUT2D eigenvalue weighted by molar-refractivity contribution is 14.1. The van der Waals surface area contributed by atoms with Crippen molar-refractivity contribution >= 4 is 28.6 Å². The fourth-order valence-corrected chi connectivity index (χ4v) is 1.18. The Balaban J connectivity index is 3.04. The highest BCUT2D eigenvalue weighted by Crippen LogP contribution is 2.03. The molecule has 0 radical (unpaired) electrons. The van der Waals surface area contributed by atoms with Gasteiger partial charge >= 0.3 is 5.97 Å². The molecule has 0 aromatic rings. The number of rotatable bonds is 6. The van der Waals surface area contributed by atoms with Crippen LogP contribution in [0, 0.1) is 0 Å². The van der Waals surface area contributed by atoms with E-state index in [4.69, 9.17) is 4.74 Å². The van der Waals surface area contributed by atoms with Crippen molar-refractivity contribution < 1.29 is 9.53 Å². The van der Waals surface area contributed by atoms with E-state index in [2.05, 4.69) is 6.92 Å². The van der Waals surface area contributed by atoms with E-state index < -0.39 is 0 Å². The van der Waals surface area contributed by atoms with Gasteiger partial charge in [-0.15, -0.1) is 0 Å². The quantitative estimate of drug-likeness (QED) is 0.321. The summed E-state index contributed by atoms with van der Waals surface area (Å²) in [7, 11) is 0. The second kappa shape index (κ2) is 8.30. The van der Waals surface area contributed by atoms with E-state index in [1.165, 1.54) is 12.8 Å². The van der Waals surface area contributed by atoms with Crippen molar-refractivity contribution in [2.24, 2.45) is 0 Å². The molecular formula is C8H15IO2. The number of hydrogen-bond donors (Lipinski definition) is 0. The zero-order valence-electron chi connectivity index (χ0n) is 6.94. The highest BCUT2D eigenvalue weighted by atomic mass is 127. The van der Waals surface area contributed by atoms with E-state index in [1.807, 2.05) is 22.6 Å². The Morgan fingerprint density at radius 2 is 2.09 bits per heavy atom. The first kappa shape index (κ1) is 11.2. The molecule has 2 nitrogen and oxygen atoms in total. The predicted octanol–water partition coefficient (Wildman–Crippen LogP) is 2.89. The first-order chi connectivity index (χ1) is 5.31. The summed E-state index contributed by atoms with van der Waals surface area (Å²) in [5.41, 5.74) is 0. The van der Waals surface area contributed by atoms with Crippen LogP contribution in [0.25, 0.3) is 0 Å². The minimum absolute atomic E-state index is 0.0597. The van der Waals surface area contributed by atoms with Gasteiger partial charge in [0, 0.05) is 6.42 Å². The van der Waals surface area contributed by atoms with E-state index in [9.17, 15) is 4.79 Å². The van der Waals surface area contributed by atoms with Crippen LogP contribution in [0.3, 0.4) is 0 Å². The van der Waals surface area contributed by atoms with Crippen molar-refractivity contribution in [1.82, 2.24) is 0 Å². The molecule has 0 aliphatic heterocycles. The average Bonchev–Trinajstić information content (AvgIpc) is 1.99. The molecule has 0 aliphatic rings. The Kier molecular flexibility index (Phi) is 8.45. The van der Waals surface area contributed by atoms with Gasteiger partial charge < -0.3 is 4.74 Å². The molecule has 0 atom stereocenters. The van der Waals surface area contributed by atoms with Crippen molar-refractivity contribution in [3.05, 3.63) is 0 Å². The van der Waals surface area contributed by atoms with Crippen LogP contribution >= 0.6 is 22.6 Å². The monoisotopic (exact) mass is 270 g/mol. The van der Waals surface area contributed by atoms with Crippen molar-refractivity contribution in [3.63, 3.8) is 0 Å². The van der Waals surface area contributed by atoms with Gasteiger partial charge in [-0.2, -0.15) is 0 Å². The van der Waals surface area contributed by atoms with E-state index in [1.54, 1.807) is 0 Å². The molecule has 0 aliphatic carbocycles. The summed E-state index contributed by atoms with van der Waals surface area (Å²) in [5, 5.41) is 0. The molecule has 0 unspecified atom stereocenters. The summed E-state index contributed by atoms with van der Waals surface area (Å²) < 4.78 is 5.25. The molecule has 0 saturated carbocycles. The Morgan fingerprint density at radius 3 is 2.64 bits per heavy atom. The molecule has 66 valence electrons. The molecule has 0 rings (SSSR count). The third-order valence-electron chi connectivity index (χ3n) is 1.45. The topological polar surface area (TPSA) is 26.3 Å². The first-order valence-corrected chi connectivity index (χ1v) is 5.55. The number of esters is 1. The molecule has 0 aromatic carbocycles. The van der Waals surface area contributed by atoms with Crippen molar-refractivity contribution in [2.75, 3.05) is 4.61 Å². The first-order valence-electron chi connectivity index (χ1n) is 4.02. The number of unbranched alkanes of at least 4 members (excludes halogenated alkanes) is 3. The average molecular weight is 270 g/mol. The maximum absolute atomic E-state index is 10.8. The van der Waals surface area contributed by atoms with E-state index >= 15 is 0 Å². The normalized spacial score (nSPS) is 9.64. The van der Waals surface area contributed by atoms with Gasteiger partial charge in [-0.25, -0.2) is 0 Å². The Labute approximate surface area is 81.8 Å². The van der Waals surface area contributed by atoms with Gasteiger partial charge in [0.05, 0.1) is 0 Å². The molecule has 0 amide bonds. The standard InChI is InChI=1S/C8H15IO2/c1-2-3-4-5-6-8(10)11-7-9/h2-7H2,1H3. The van der Waals surface area contributed by atoms with Gasteiger partial charge in [0.15, 0.2) is 0 Å². The van der Waals surface area contributed by atoms with Crippen LogP contribution < -0.4 is 0 Å². The third-order valence-corrected chi connectivity index (χ3v) is 1.76. The molecule has 0 bridgehead atoms. The molecule has 0 aromatic heterocycles. The van der Waals surface area contributed by atoms with Gasteiger partial charge in [-0.1, -0.05) is 26.2 Å². The Hall–Kier alpha value is 0.200. The maximum atomic E-state index is 10.8. The number of ether oxygens (including phenoxy) is 1. The summed E-state index contributed by atoms with van der Waals surface area (Å²) in [6, 6.07) is 0. The molecule has 11 heavy (non-hydrogen) atoms. The third kappa shape index (κ3) is 8.10. The number of hydrogen-bond acceptors (Lipinski definition) is 2. The van der Waals surface area contributed by atoms with Crippen molar-refractivity contribution in [3.8, 4) is 0 Å². The predicted molar refractivity (Wildman–Crippen MR) is 53.7 cm³/mol. The number of carbonyl (C=O) groups excluding carboxylic acids is 1. The van der Waals surface area contributed by atoms with Crippen LogP contribution in [0.4, 0.5) is 0 Å². The number of alkyl halides is 1. The zero-order chi connectivity index (χ0) is 8.53. The lowest BCUT2D eigenvalue weighted by Gasteiger charge is -1.99. The molecule has 0 N–H and O–H groups in total. The van der Waals surface area contributed by atoms with Crippen LogP contribution in [0.5, 0.6) is 0 Å². The Morgan fingerprint density at radius 1 is 1.36 bits per heavy atom. The number of carbonyl (C=O) groups is 1. The summed E-state index contributed by atoms with van der Waals surface area (Å²) in [6.45, 7) is 2.16. The summed E-state index contributed by atoms with van der Waals surface area (Å²) >= 11 is 2.03. The van der Waals surface area contributed by atoms with Crippen LogP contribution in [-0.2, 0) is 9.53 Å². The lowest BCUT2D eigenvalue weighted by Crippen LogP contribution is -2.01. The fraction of sp³-hybridized carbons (Fsp3) is 0.875. The molecule has 0 heterocycles. The fourth-order valence-electron chi connectivity index (χ4n) is 0.829. The van der Waals surface area contributed by atoms with Gasteiger partial charge in [0.1, 0.15) is 4.61 Å². The molecule has 3 heteroatoms. The summed E-state index contributed by atoms with van der Waals surface area (Å²) in [4.78, 5) is 10.8. The van der Waals surface area contributed by atoms with Crippen LogP contribution in [0.2, 0.25) is 0 Å². The smallest absolute Gasteiger partial charge is 0.306 e. The highest BCUT2D eigenvalue weighted by Gasteiger charge is 1.99. The maximum Gasteiger partial charge on any atom is 0.306 e. The SMILES string of the molecule is CCCCCCC(=O)OCI. The second-order valence-corrected chi connectivity index (χ2v) is 3.06. The zero-order valence-corrected chi connectivity index (χ0v) is 9.09. The minimum Gasteiger partial charge on any atom is -0.455 e. The lowest BCUT2D eigenvalue weighted by molar-refractivity contribution is -0.141. The van der Waals surface area contributed by atoms with E-state index in [0.717, 1.165) is 12.8 Å². The van der Waals surface area contributed by atoms with Crippen molar-refractivity contribution in [2.45, 2.75) is 39.0 Å². The van der Waals surface area contributed by atoms with Gasteiger partial charge in [-0.05, 0) is 29.0 Å². The molecule has 0 saturated heterocycles. The molecular weight excluding hydrogens is 255 g/mol. The van der Waals surface area contributed by atoms with E-state index in [-0.39, 0.29) is 5.97 Å². The van der Waals surface area contributed by atoms with Crippen LogP contribution in [0.1, 0.15) is 39.0 Å². The van der Waals surface area contributed by atoms with Gasteiger partial charge in [0.2, 0.25) is 0 Å². The van der Waals surface area contributed by atoms with E-state index in [0.29, 0.717) is 11.0 Å². The van der Waals surface area contributed by atoms with Gasteiger partial charge in [-0.3, -0.25) is 4.79 Å². The largest absolute Gasteiger partial charge is 0.455 e. The second-order valence-electron chi connectivity index (χ2n) is 2.44. The number of halogens is 1. The van der Waals surface area contributed by atoms with Crippen LogP contribution in [0.15, 0.2) is 0 Å². The van der Waals surface area contributed by atoms with Crippen molar-refractivity contribution in [1.29, 1.82) is 0 Å². The molecule has 0 fully saturated rings. The summed E-state index contributed by atoms with van der Waals surface area (Å²) in [5.74, 6) is -0.0597.